The third-order valence-corrected chi connectivity index (χ3v) is 2.48. The van der Waals surface area contributed by atoms with Gasteiger partial charge in [0.15, 0.2) is 0 Å². The van der Waals surface area contributed by atoms with Crippen LogP contribution in [0.1, 0.15) is 37.5 Å². The van der Waals surface area contributed by atoms with E-state index < -0.39 is 0 Å². The van der Waals surface area contributed by atoms with Crippen LogP contribution >= 0.6 is 11.6 Å². The average molecular weight is 227 g/mol. The number of hydrogen-bond donors (Lipinski definition) is 0. The van der Waals surface area contributed by atoms with Gasteiger partial charge in [-0.3, -0.25) is 0 Å². The molecule has 2 heteroatoms. The van der Waals surface area contributed by atoms with E-state index in [9.17, 15) is 0 Å². The summed E-state index contributed by atoms with van der Waals surface area (Å²) < 4.78 is 5.83. The Morgan fingerprint density at radius 1 is 1.20 bits per heavy atom. The Morgan fingerprint density at radius 2 is 1.80 bits per heavy atom. The first kappa shape index (κ1) is 12.5. The van der Waals surface area contributed by atoms with E-state index in [1.54, 1.807) is 0 Å². The largest absolute Gasteiger partial charge is 0.371 e. The topological polar surface area (TPSA) is 9.23 Å². The number of ether oxygens (including phenoxy) is 1. The lowest BCUT2D eigenvalue weighted by Crippen LogP contribution is -2.11. The summed E-state index contributed by atoms with van der Waals surface area (Å²) in [5, 5.41) is 0. The Labute approximate surface area is 97.4 Å². The highest BCUT2D eigenvalue weighted by molar-refractivity contribution is 6.17. The number of rotatable bonds is 5. The summed E-state index contributed by atoms with van der Waals surface area (Å²) in [6.07, 6.45) is 1.23. The van der Waals surface area contributed by atoms with Crippen molar-refractivity contribution < 1.29 is 4.74 Å². The van der Waals surface area contributed by atoms with E-state index in [2.05, 4.69) is 45.0 Å². The molecular formula is C13H19ClO. The van der Waals surface area contributed by atoms with Crippen LogP contribution in [0.25, 0.3) is 0 Å². The van der Waals surface area contributed by atoms with Crippen molar-refractivity contribution in [1.29, 1.82) is 0 Å². The van der Waals surface area contributed by atoms with Gasteiger partial charge in [-0.25, -0.2) is 0 Å². The lowest BCUT2D eigenvalue weighted by molar-refractivity contribution is 0.00498. The first-order valence-corrected chi connectivity index (χ1v) is 5.95. The van der Waals surface area contributed by atoms with Crippen molar-refractivity contribution in [3.8, 4) is 0 Å². The Balaban J connectivity index is 2.74. The third-order valence-electron chi connectivity index (χ3n) is 2.26. The molecule has 0 aliphatic rings. The van der Waals surface area contributed by atoms with Gasteiger partial charge in [0, 0.05) is 5.88 Å². The van der Waals surface area contributed by atoms with Crippen molar-refractivity contribution in [2.24, 2.45) is 0 Å². The van der Waals surface area contributed by atoms with Crippen LogP contribution in [0.3, 0.4) is 0 Å². The molecule has 0 N–H and O–H groups in total. The minimum atomic E-state index is 0.128. The Kier molecular flexibility index (Phi) is 5.13. The van der Waals surface area contributed by atoms with E-state index in [0.29, 0.717) is 5.88 Å². The monoisotopic (exact) mass is 226 g/mol. The molecular weight excluding hydrogens is 208 g/mol. The summed E-state index contributed by atoms with van der Waals surface area (Å²) in [5.74, 6) is 0.630. The van der Waals surface area contributed by atoms with Gasteiger partial charge >= 0.3 is 0 Å². The molecule has 0 unspecified atom stereocenters. The summed E-state index contributed by atoms with van der Waals surface area (Å²) in [4.78, 5) is 0. The zero-order valence-corrected chi connectivity index (χ0v) is 10.4. The minimum Gasteiger partial charge on any atom is -0.371 e. The highest BCUT2D eigenvalue weighted by Gasteiger charge is 2.12. The molecule has 1 rings (SSSR count). The third kappa shape index (κ3) is 4.23. The molecule has 0 saturated carbocycles. The molecule has 0 spiro atoms. The SMILES string of the molecule is Cc1ccc([C@H](CCCl)OC(C)C)cc1. The molecule has 0 radical (unpaired) electrons. The highest BCUT2D eigenvalue weighted by Crippen LogP contribution is 2.23. The van der Waals surface area contributed by atoms with Gasteiger partial charge in [0.2, 0.25) is 0 Å². The number of hydrogen-bond acceptors (Lipinski definition) is 1. The number of aryl methyl sites for hydroxylation is 1. The van der Waals surface area contributed by atoms with E-state index in [4.69, 9.17) is 16.3 Å². The first-order valence-electron chi connectivity index (χ1n) is 5.41. The van der Waals surface area contributed by atoms with Crippen molar-refractivity contribution >= 4 is 11.6 Å². The lowest BCUT2D eigenvalue weighted by Gasteiger charge is -2.20. The number of halogens is 1. The molecule has 15 heavy (non-hydrogen) atoms. The van der Waals surface area contributed by atoms with Gasteiger partial charge in [-0.15, -0.1) is 11.6 Å². The van der Waals surface area contributed by atoms with Gasteiger partial charge in [-0.1, -0.05) is 29.8 Å². The summed E-state index contributed by atoms with van der Waals surface area (Å²) in [7, 11) is 0. The predicted molar refractivity (Wildman–Crippen MR) is 65.5 cm³/mol. The van der Waals surface area contributed by atoms with E-state index in [0.717, 1.165) is 6.42 Å². The Hall–Kier alpha value is -0.530. The van der Waals surface area contributed by atoms with Crippen LogP contribution in [0.4, 0.5) is 0 Å². The molecule has 0 bridgehead atoms. The van der Waals surface area contributed by atoms with Crippen molar-refractivity contribution in [2.75, 3.05) is 5.88 Å². The predicted octanol–water partition coefficient (Wildman–Crippen LogP) is 4.09. The average Bonchev–Trinajstić information content (AvgIpc) is 2.17. The summed E-state index contributed by atoms with van der Waals surface area (Å²) >= 11 is 5.78. The zero-order valence-electron chi connectivity index (χ0n) is 9.66. The van der Waals surface area contributed by atoms with Crippen LogP contribution in [0.15, 0.2) is 24.3 Å². The molecule has 0 saturated heterocycles. The van der Waals surface area contributed by atoms with Crippen molar-refractivity contribution in [2.45, 2.75) is 39.4 Å². The number of benzene rings is 1. The van der Waals surface area contributed by atoms with E-state index in [1.807, 2.05) is 0 Å². The second-order valence-corrected chi connectivity index (χ2v) is 4.44. The fraction of sp³-hybridized carbons (Fsp3) is 0.538. The fourth-order valence-corrected chi connectivity index (χ4v) is 1.72. The second-order valence-electron chi connectivity index (χ2n) is 4.06. The minimum absolute atomic E-state index is 0.128. The van der Waals surface area contributed by atoms with Crippen molar-refractivity contribution in [1.82, 2.24) is 0 Å². The Morgan fingerprint density at radius 3 is 2.27 bits per heavy atom. The van der Waals surface area contributed by atoms with Gasteiger partial charge in [0.25, 0.3) is 0 Å². The molecule has 1 nitrogen and oxygen atoms in total. The van der Waals surface area contributed by atoms with Crippen LogP contribution < -0.4 is 0 Å². The molecule has 0 fully saturated rings. The summed E-state index contributed by atoms with van der Waals surface area (Å²) in [5.41, 5.74) is 2.49. The second kappa shape index (κ2) is 6.14. The molecule has 1 atom stereocenters. The van der Waals surface area contributed by atoms with Gasteiger partial charge in [-0.05, 0) is 32.8 Å². The molecule has 1 aromatic carbocycles. The quantitative estimate of drug-likeness (QED) is 0.688. The van der Waals surface area contributed by atoms with Gasteiger partial charge in [-0.2, -0.15) is 0 Å². The van der Waals surface area contributed by atoms with E-state index in [-0.39, 0.29) is 12.2 Å². The van der Waals surface area contributed by atoms with Crippen LogP contribution in [-0.4, -0.2) is 12.0 Å². The lowest BCUT2D eigenvalue weighted by atomic mass is 10.1. The molecule has 0 heterocycles. The smallest absolute Gasteiger partial charge is 0.0839 e. The summed E-state index contributed by atoms with van der Waals surface area (Å²) in [6.45, 7) is 6.19. The summed E-state index contributed by atoms with van der Waals surface area (Å²) in [6, 6.07) is 8.46. The zero-order chi connectivity index (χ0) is 11.3. The van der Waals surface area contributed by atoms with E-state index >= 15 is 0 Å². The van der Waals surface area contributed by atoms with Gasteiger partial charge in [0.1, 0.15) is 0 Å². The molecule has 0 aromatic heterocycles. The molecule has 84 valence electrons. The highest BCUT2D eigenvalue weighted by atomic mass is 35.5. The normalized spacial score (nSPS) is 13.1. The van der Waals surface area contributed by atoms with Crippen molar-refractivity contribution in [3.05, 3.63) is 35.4 Å². The van der Waals surface area contributed by atoms with Crippen molar-refractivity contribution in [3.63, 3.8) is 0 Å². The standard InChI is InChI=1S/C13H19ClO/c1-10(2)15-13(8-9-14)12-6-4-11(3)5-7-12/h4-7,10,13H,8-9H2,1-3H3/t13-/m0/s1. The fourth-order valence-electron chi connectivity index (χ4n) is 1.52. The maximum atomic E-state index is 5.83. The van der Waals surface area contributed by atoms with E-state index in [1.165, 1.54) is 11.1 Å². The molecule has 0 aliphatic carbocycles. The van der Waals surface area contributed by atoms with Gasteiger partial charge < -0.3 is 4.74 Å². The molecule has 0 amide bonds. The Bertz CT molecular complexity index is 279. The van der Waals surface area contributed by atoms with Crippen LogP contribution in [-0.2, 0) is 4.74 Å². The molecule has 0 aliphatic heterocycles. The van der Waals surface area contributed by atoms with Gasteiger partial charge in [0.05, 0.1) is 12.2 Å². The van der Waals surface area contributed by atoms with Crippen LogP contribution in [0.2, 0.25) is 0 Å². The van der Waals surface area contributed by atoms with Crippen LogP contribution in [0, 0.1) is 6.92 Å². The van der Waals surface area contributed by atoms with Crippen LogP contribution in [0.5, 0.6) is 0 Å². The molecule has 1 aromatic rings. The maximum Gasteiger partial charge on any atom is 0.0839 e. The number of alkyl halides is 1. The first-order chi connectivity index (χ1) is 7.13. The maximum absolute atomic E-state index is 5.83.